The van der Waals surface area contributed by atoms with Crippen molar-refractivity contribution in [3.8, 4) is 0 Å². The molecule has 106 valence electrons. The highest BCUT2D eigenvalue weighted by Crippen LogP contribution is 2.24. The van der Waals surface area contributed by atoms with Gasteiger partial charge in [-0.3, -0.25) is 4.98 Å². The van der Waals surface area contributed by atoms with Crippen LogP contribution in [-0.4, -0.2) is 4.98 Å². The second kappa shape index (κ2) is 7.41. The molecule has 1 heterocycles. The van der Waals surface area contributed by atoms with E-state index in [9.17, 15) is 0 Å². The summed E-state index contributed by atoms with van der Waals surface area (Å²) in [5.74, 6) is 0. The highest BCUT2D eigenvalue weighted by atomic mass is 35.5. The summed E-state index contributed by atoms with van der Waals surface area (Å²) in [4.78, 5) is 4.07. The van der Waals surface area contributed by atoms with Gasteiger partial charge in [-0.1, -0.05) is 37.1 Å². The number of rotatable bonds is 6. The Morgan fingerprint density at radius 2 is 1.70 bits per heavy atom. The van der Waals surface area contributed by atoms with Crippen LogP contribution < -0.4 is 5.32 Å². The van der Waals surface area contributed by atoms with E-state index in [0.717, 1.165) is 17.9 Å². The van der Waals surface area contributed by atoms with Crippen molar-refractivity contribution in [3.63, 3.8) is 0 Å². The molecule has 1 aromatic heterocycles. The average molecular weight is 289 g/mol. The minimum Gasteiger partial charge on any atom is -0.303 e. The van der Waals surface area contributed by atoms with Gasteiger partial charge < -0.3 is 5.32 Å². The van der Waals surface area contributed by atoms with Crippen molar-refractivity contribution in [2.24, 2.45) is 0 Å². The molecule has 0 aliphatic rings. The maximum Gasteiger partial charge on any atom is 0.0406 e. The Morgan fingerprint density at radius 1 is 1.05 bits per heavy atom. The average Bonchev–Trinajstić information content (AvgIpc) is 2.48. The lowest BCUT2D eigenvalue weighted by Gasteiger charge is -2.24. The molecule has 0 spiro atoms. The Kier molecular flexibility index (Phi) is 5.57. The maximum absolute atomic E-state index is 5.97. The Hall–Kier alpha value is -1.38. The van der Waals surface area contributed by atoms with Crippen molar-refractivity contribution in [1.82, 2.24) is 10.3 Å². The number of halogens is 1. The number of hydrogen-bond acceptors (Lipinski definition) is 2. The fraction of sp³-hybridized carbons (Fsp3) is 0.353. The third kappa shape index (κ3) is 4.06. The summed E-state index contributed by atoms with van der Waals surface area (Å²) in [5.41, 5.74) is 2.55. The van der Waals surface area contributed by atoms with Gasteiger partial charge in [0, 0.05) is 29.5 Å². The Bertz CT molecular complexity index is 510. The van der Waals surface area contributed by atoms with Gasteiger partial charge in [-0.2, -0.15) is 0 Å². The number of aromatic nitrogens is 1. The fourth-order valence-electron chi connectivity index (χ4n) is 2.38. The van der Waals surface area contributed by atoms with Crippen molar-refractivity contribution in [2.75, 3.05) is 0 Å². The van der Waals surface area contributed by atoms with E-state index < -0.39 is 0 Å². The van der Waals surface area contributed by atoms with Crippen LogP contribution in [0.15, 0.2) is 48.8 Å². The number of hydrogen-bond donors (Lipinski definition) is 1. The first-order chi connectivity index (χ1) is 9.70. The molecule has 0 saturated carbocycles. The predicted octanol–water partition coefficient (Wildman–Crippen LogP) is 4.93. The van der Waals surface area contributed by atoms with Crippen molar-refractivity contribution < 1.29 is 0 Å². The van der Waals surface area contributed by atoms with Crippen LogP contribution in [0.3, 0.4) is 0 Å². The van der Waals surface area contributed by atoms with Gasteiger partial charge in [0.1, 0.15) is 0 Å². The maximum atomic E-state index is 5.97. The molecule has 2 nitrogen and oxygen atoms in total. The van der Waals surface area contributed by atoms with Crippen molar-refractivity contribution >= 4 is 11.6 Å². The van der Waals surface area contributed by atoms with E-state index in [-0.39, 0.29) is 0 Å². The smallest absolute Gasteiger partial charge is 0.0406 e. The molecule has 2 aromatic rings. The molecule has 0 aliphatic carbocycles. The zero-order valence-electron chi connectivity index (χ0n) is 12.0. The molecule has 0 aliphatic heterocycles. The van der Waals surface area contributed by atoms with Crippen LogP contribution in [0, 0.1) is 0 Å². The SMILES string of the molecule is CCCC(NC(C)c1ccncc1)c1ccc(Cl)cc1. The van der Waals surface area contributed by atoms with Gasteiger partial charge in [0.25, 0.3) is 0 Å². The lowest BCUT2D eigenvalue weighted by atomic mass is 10.00. The summed E-state index contributed by atoms with van der Waals surface area (Å²) in [6, 6.07) is 12.9. The quantitative estimate of drug-likeness (QED) is 0.815. The molecule has 2 unspecified atom stereocenters. The topological polar surface area (TPSA) is 24.9 Å². The van der Waals surface area contributed by atoms with Gasteiger partial charge in [0.05, 0.1) is 0 Å². The summed E-state index contributed by atoms with van der Waals surface area (Å²) in [7, 11) is 0. The van der Waals surface area contributed by atoms with Gasteiger partial charge in [-0.15, -0.1) is 0 Å². The molecule has 2 rings (SSSR count). The summed E-state index contributed by atoms with van der Waals surface area (Å²) in [5, 5.41) is 4.48. The number of benzene rings is 1. The van der Waals surface area contributed by atoms with Crippen molar-refractivity contribution in [1.29, 1.82) is 0 Å². The highest BCUT2D eigenvalue weighted by molar-refractivity contribution is 6.30. The normalized spacial score (nSPS) is 13.9. The number of nitrogens with zero attached hydrogens (tertiary/aromatic N) is 1. The molecule has 0 saturated heterocycles. The highest BCUT2D eigenvalue weighted by Gasteiger charge is 2.14. The molecule has 3 heteroatoms. The minimum atomic E-state index is 0.297. The van der Waals surface area contributed by atoms with Crippen LogP contribution >= 0.6 is 11.6 Å². The first kappa shape index (κ1) is 15.0. The summed E-state index contributed by atoms with van der Waals surface area (Å²) in [6.07, 6.45) is 5.93. The van der Waals surface area contributed by atoms with Gasteiger partial charge in [0.15, 0.2) is 0 Å². The Morgan fingerprint density at radius 3 is 2.30 bits per heavy atom. The summed E-state index contributed by atoms with van der Waals surface area (Å²) >= 11 is 5.97. The lowest BCUT2D eigenvalue weighted by molar-refractivity contribution is 0.439. The predicted molar refractivity (Wildman–Crippen MR) is 84.9 cm³/mol. The molecular formula is C17H21ClN2. The van der Waals surface area contributed by atoms with E-state index in [1.807, 2.05) is 24.5 Å². The Balaban J connectivity index is 2.11. The molecule has 20 heavy (non-hydrogen) atoms. The summed E-state index contributed by atoms with van der Waals surface area (Å²) < 4.78 is 0. The zero-order valence-corrected chi connectivity index (χ0v) is 12.8. The second-order valence-corrected chi connectivity index (χ2v) is 5.50. The molecular weight excluding hydrogens is 268 g/mol. The third-order valence-corrected chi connectivity index (χ3v) is 3.76. The standard InChI is InChI=1S/C17H21ClN2/c1-3-4-17(15-5-7-16(18)8-6-15)20-13(2)14-9-11-19-12-10-14/h5-13,17,20H,3-4H2,1-2H3. The lowest BCUT2D eigenvalue weighted by Crippen LogP contribution is -2.24. The monoisotopic (exact) mass is 288 g/mol. The van der Waals surface area contributed by atoms with Gasteiger partial charge in [-0.25, -0.2) is 0 Å². The van der Waals surface area contributed by atoms with E-state index >= 15 is 0 Å². The van der Waals surface area contributed by atoms with Gasteiger partial charge in [0.2, 0.25) is 0 Å². The molecule has 1 aromatic carbocycles. The number of nitrogens with one attached hydrogen (secondary N) is 1. The first-order valence-electron chi connectivity index (χ1n) is 7.12. The molecule has 0 radical (unpaired) electrons. The van der Waals surface area contributed by atoms with Crippen LogP contribution in [0.4, 0.5) is 0 Å². The third-order valence-electron chi connectivity index (χ3n) is 3.51. The fourth-order valence-corrected chi connectivity index (χ4v) is 2.51. The van der Waals surface area contributed by atoms with Crippen LogP contribution in [0.1, 0.15) is 49.9 Å². The molecule has 2 atom stereocenters. The zero-order chi connectivity index (χ0) is 14.4. The van der Waals surface area contributed by atoms with Gasteiger partial charge >= 0.3 is 0 Å². The van der Waals surface area contributed by atoms with Crippen LogP contribution in [0.2, 0.25) is 5.02 Å². The van der Waals surface area contributed by atoms with E-state index in [1.165, 1.54) is 11.1 Å². The van der Waals surface area contributed by atoms with E-state index in [4.69, 9.17) is 11.6 Å². The molecule has 1 N–H and O–H groups in total. The second-order valence-electron chi connectivity index (χ2n) is 5.06. The van der Waals surface area contributed by atoms with Crippen LogP contribution in [0.25, 0.3) is 0 Å². The molecule has 0 bridgehead atoms. The number of pyridine rings is 1. The van der Waals surface area contributed by atoms with Crippen molar-refractivity contribution in [3.05, 3.63) is 64.9 Å². The van der Waals surface area contributed by atoms with Crippen LogP contribution in [-0.2, 0) is 0 Å². The minimum absolute atomic E-state index is 0.297. The van der Waals surface area contributed by atoms with E-state index in [0.29, 0.717) is 12.1 Å². The Labute approximate surface area is 126 Å². The first-order valence-corrected chi connectivity index (χ1v) is 7.50. The largest absolute Gasteiger partial charge is 0.303 e. The molecule has 0 amide bonds. The summed E-state index contributed by atoms with van der Waals surface area (Å²) in [6.45, 7) is 4.40. The van der Waals surface area contributed by atoms with Gasteiger partial charge in [-0.05, 0) is 48.7 Å². The van der Waals surface area contributed by atoms with Crippen LogP contribution in [0.5, 0.6) is 0 Å². The van der Waals surface area contributed by atoms with E-state index in [2.05, 4.69) is 48.4 Å². The van der Waals surface area contributed by atoms with E-state index in [1.54, 1.807) is 0 Å². The van der Waals surface area contributed by atoms with Crippen molar-refractivity contribution in [2.45, 2.75) is 38.8 Å². The molecule has 0 fully saturated rings.